The van der Waals surface area contributed by atoms with Gasteiger partial charge in [0.2, 0.25) is 5.91 Å². The van der Waals surface area contributed by atoms with Gasteiger partial charge in [-0.05, 0) is 43.7 Å². The van der Waals surface area contributed by atoms with Crippen molar-refractivity contribution < 1.29 is 14.3 Å². The van der Waals surface area contributed by atoms with Crippen molar-refractivity contribution in [1.82, 2.24) is 10.2 Å². The van der Waals surface area contributed by atoms with E-state index in [2.05, 4.69) is 5.32 Å². The lowest BCUT2D eigenvalue weighted by atomic mass is 10.2. The number of carbonyl (C=O) groups is 2. The number of nitrogens with zero attached hydrogens (tertiary/aromatic N) is 1. The molecule has 0 aromatic heterocycles. The standard InChI is InChI=1S/C17H23N3O3/c1-19-11-14-3-2-10-20(14)17(22)9-6-13-4-7-15(8-5-13)23-12-16(18)21/h4-9,14,19H,2-3,10-12H2,1H3,(H2,18,21)/b9-6+. The zero-order valence-corrected chi connectivity index (χ0v) is 13.3. The van der Waals surface area contributed by atoms with Crippen LogP contribution in [0.3, 0.4) is 0 Å². The monoisotopic (exact) mass is 317 g/mol. The van der Waals surface area contributed by atoms with Crippen molar-refractivity contribution in [3.63, 3.8) is 0 Å². The summed E-state index contributed by atoms with van der Waals surface area (Å²) in [5.74, 6) is 0.0963. The third-order valence-electron chi connectivity index (χ3n) is 3.78. The molecular formula is C17H23N3O3. The van der Waals surface area contributed by atoms with Crippen LogP contribution in [0.15, 0.2) is 30.3 Å². The summed E-state index contributed by atoms with van der Waals surface area (Å²) in [4.78, 5) is 24.9. The highest BCUT2D eigenvalue weighted by Gasteiger charge is 2.26. The maximum Gasteiger partial charge on any atom is 0.255 e. The minimum atomic E-state index is -0.513. The van der Waals surface area contributed by atoms with E-state index in [9.17, 15) is 9.59 Å². The predicted octanol–water partition coefficient (Wildman–Crippen LogP) is 0.774. The molecule has 0 saturated carbocycles. The van der Waals surface area contributed by atoms with Gasteiger partial charge in [0.25, 0.3) is 5.91 Å². The third kappa shape index (κ3) is 5.10. The fourth-order valence-electron chi connectivity index (χ4n) is 2.67. The summed E-state index contributed by atoms with van der Waals surface area (Å²) in [5, 5.41) is 3.13. The summed E-state index contributed by atoms with van der Waals surface area (Å²) >= 11 is 0. The second kappa shape index (κ2) is 8.33. The molecule has 124 valence electrons. The van der Waals surface area contributed by atoms with E-state index >= 15 is 0 Å². The van der Waals surface area contributed by atoms with Crippen LogP contribution in [0.25, 0.3) is 6.08 Å². The van der Waals surface area contributed by atoms with Crippen LogP contribution in [-0.4, -0.2) is 49.5 Å². The molecule has 1 aromatic rings. The number of nitrogens with one attached hydrogen (secondary N) is 1. The molecule has 1 aliphatic heterocycles. The van der Waals surface area contributed by atoms with Gasteiger partial charge in [0.05, 0.1) is 0 Å². The van der Waals surface area contributed by atoms with E-state index in [1.54, 1.807) is 24.3 Å². The van der Waals surface area contributed by atoms with Crippen molar-refractivity contribution in [2.75, 3.05) is 26.7 Å². The number of likely N-dealkylation sites (N-methyl/N-ethyl adjacent to an activating group) is 1. The van der Waals surface area contributed by atoms with Crippen molar-refractivity contribution in [3.05, 3.63) is 35.9 Å². The highest BCUT2D eigenvalue weighted by Crippen LogP contribution is 2.18. The molecule has 1 fully saturated rings. The summed E-state index contributed by atoms with van der Waals surface area (Å²) in [7, 11) is 1.90. The quantitative estimate of drug-likeness (QED) is 0.728. The first-order chi connectivity index (χ1) is 11.1. The van der Waals surface area contributed by atoms with Gasteiger partial charge >= 0.3 is 0 Å². The van der Waals surface area contributed by atoms with E-state index in [0.29, 0.717) is 5.75 Å². The second-order valence-electron chi connectivity index (χ2n) is 5.54. The molecule has 1 aliphatic rings. The average molecular weight is 317 g/mol. The van der Waals surface area contributed by atoms with Gasteiger partial charge in [0.15, 0.2) is 6.61 Å². The summed E-state index contributed by atoms with van der Waals surface area (Å²) in [6.45, 7) is 1.50. The zero-order valence-electron chi connectivity index (χ0n) is 13.3. The number of benzene rings is 1. The number of carbonyl (C=O) groups excluding carboxylic acids is 2. The Kier molecular flexibility index (Phi) is 6.17. The largest absolute Gasteiger partial charge is 0.484 e. The molecule has 6 heteroatoms. The molecule has 0 spiro atoms. The molecule has 1 heterocycles. The van der Waals surface area contributed by atoms with Gasteiger partial charge in [-0.3, -0.25) is 9.59 Å². The highest BCUT2D eigenvalue weighted by molar-refractivity contribution is 5.92. The number of nitrogens with two attached hydrogens (primary N) is 1. The number of rotatable bonds is 7. The van der Waals surface area contributed by atoms with E-state index < -0.39 is 5.91 Å². The molecule has 0 radical (unpaired) electrons. The molecule has 23 heavy (non-hydrogen) atoms. The number of amides is 2. The number of hydrogen-bond donors (Lipinski definition) is 2. The number of hydrogen-bond acceptors (Lipinski definition) is 4. The lowest BCUT2D eigenvalue weighted by Crippen LogP contribution is -2.39. The molecule has 1 saturated heterocycles. The molecule has 0 aliphatic carbocycles. The molecular weight excluding hydrogens is 294 g/mol. The van der Waals surface area contributed by atoms with Crippen LogP contribution in [0.5, 0.6) is 5.75 Å². The van der Waals surface area contributed by atoms with Crippen LogP contribution in [0.2, 0.25) is 0 Å². The van der Waals surface area contributed by atoms with Gasteiger partial charge in [-0.15, -0.1) is 0 Å². The lowest BCUT2D eigenvalue weighted by Gasteiger charge is -2.23. The Morgan fingerprint density at radius 3 is 2.78 bits per heavy atom. The molecule has 3 N–H and O–H groups in total. The summed E-state index contributed by atoms with van der Waals surface area (Å²) in [5.41, 5.74) is 5.92. The van der Waals surface area contributed by atoms with Crippen LogP contribution in [0.4, 0.5) is 0 Å². The summed E-state index contributed by atoms with van der Waals surface area (Å²) in [6, 6.07) is 7.42. The Bertz CT molecular complexity index is 569. The fourth-order valence-corrected chi connectivity index (χ4v) is 2.67. The Labute approximate surface area is 136 Å². The maximum absolute atomic E-state index is 12.3. The number of primary amides is 1. The predicted molar refractivity (Wildman–Crippen MR) is 88.8 cm³/mol. The Morgan fingerprint density at radius 2 is 2.13 bits per heavy atom. The fraction of sp³-hybridized carbons (Fsp3) is 0.412. The molecule has 1 unspecified atom stereocenters. The highest BCUT2D eigenvalue weighted by atomic mass is 16.5. The van der Waals surface area contributed by atoms with Crippen LogP contribution in [0, 0.1) is 0 Å². The summed E-state index contributed by atoms with van der Waals surface area (Å²) < 4.78 is 5.19. The zero-order chi connectivity index (χ0) is 16.7. The smallest absolute Gasteiger partial charge is 0.255 e. The van der Waals surface area contributed by atoms with Crippen molar-refractivity contribution in [2.45, 2.75) is 18.9 Å². The van der Waals surface area contributed by atoms with Crippen LogP contribution in [0.1, 0.15) is 18.4 Å². The molecule has 2 rings (SSSR count). The Balaban J connectivity index is 1.91. The van der Waals surface area contributed by atoms with Crippen LogP contribution in [-0.2, 0) is 9.59 Å². The Hall–Kier alpha value is -2.34. The van der Waals surface area contributed by atoms with Crippen molar-refractivity contribution >= 4 is 17.9 Å². The Morgan fingerprint density at radius 1 is 1.39 bits per heavy atom. The number of ether oxygens (including phenoxy) is 1. The first-order valence-electron chi connectivity index (χ1n) is 7.74. The topological polar surface area (TPSA) is 84.7 Å². The van der Waals surface area contributed by atoms with E-state index in [4.69, 9.17) is 10.5 Å². The second-order valence-corrected chi connectivity index (χ2v) is 5.54. The van der Waals surface area contributed by atoms with E-state index in [1.807, 2.05) is 24.1 Å². The van der Waals surface area contributed by atoms with Crippen molar-refractivity contribution in [3.8, 4) is 5.75 Å². The average Bonchev–Trinajstić information content (AvgIpc) is 3.00. The van der Waals surface area contributed by atoms with Crippen LogP contribution < -0.4 is 15.8 Å². The third-order valence-corrected chi connectivity index (χ3v) is 3.78. The van der Waals surface area contributed by atoms with Gasteiger partial charge in [0.1, 0.15) is 5.75 Å². The van der Waals surface area contributed by atoms with Gasteiger partial charge in [0, 0.05) is 25.2 Å². The molecule has 2 amide bonds. The maximum atomic E-state index is 12.3. The van der Waals surface area contributed by atoms with Gasteiger partial charge < -0.3 is 20.7 Å². The van der Waals surface area contributed by atoms with E-state index in [0.717, 1.165) is 31.5 Å². The summed E-state index contributed by atoms with van der Waals surface area (Å²) in [6.07, 6.45) is 5.49. The van der Waals surface area contributed by atoms with Crippen molar-refractivity contribution in [2.24, 2.45) is 5.73 Å². The number of likely N-dealkylation sites (tertiary alicyclic amines) is 1. The van der Waals surface area contributed by atoms with Crippen molar-refractivity contribution in [1.29, 1.82) is 0 Å². The van der Waals surface area contributed by atoms with Gasteiger partial charge in [-0.25, -0.2) is 0 Å². The SMILES string of the molecule is CNCC1CCCN1C(=O)/C=C/c1ccc(OCC(N)=O)cc1. The van der Waals surface area contributed by atoms with E-state index in [1.165, 1.54) is 0 Å². The first kappa shape index (κ1) is 17.0. The molecule has 1 aromatic carbocycles. The minimum Gasteiger partial charge on any atom is -0.484 e. The molecule has 0 bridgehead atoms. The van der Waals surface area contributed by atoms with E-state index in [-0.39, 0.29) is 18.6 Å². The first-order valence-corrected chi connectivity index (χ1v) is 7.74. The normalized spacial score (nSPS) is 17.6. The lowest BCUT2D eigenvalue weighted by molar-refractivity contribution is -0.126. The minimum absolute atomic E-state index is 0.0387. The van der Waals surface area contributed by atoms with Gasteiger partial charge in [-0.2, -0.15) is 0 Å². The van der Waals surface area contributed by atoms with Gasteiger partial charge in [-0.1, -0.05) is 12.1 Å². The van der Waals surface area contributed by atoms with Crippen LogP contribution >= 0.6 is 0 Å². The molecule has 1 atom stereocenters. The molecule has 6 nitrogen and oxygen atoms in total.